The molecular formula is C28H36N2O3. The van der Waals surface area contributed by atoms with Crippen molar-refractivity contribution in [1.82, 2.24) is 9.78 Å². The Morgan fingerprint density at radius 2 is 1.64 bits per heavy atom. The molecule has 0 saturated heterocycles. The lowest BCUT2D eigenvalue weighted by Gasteiger charge is -2.11. The molecular weight excluding hydrogens is 412 g/mol. The fourth-order valence-electron chi connectivity index (χ4n) is 3.99. The maximum absolute atomic E-state index is 11.5. The number of ether oxygens (including phenoxy) is 2. The van der Waals surface area contributed by atoms with E-state index in [0.717, 1.165) is 36.4 Å². The number of aromatic nitrogens is 2. The zero-order valence-electron chi connectivity index (χ0n) is 20.3. The summed E-state index contributed by atoms with van der Waals surface area (Å²) in [5.41, 5.74) is 5.92. The molecule has 0 radical (unpaired) electrons. The molecule has 176 valence electrons. The van der Waals surface area contributed by atoms with Gasteiger partial charge in [-0.15, -0.1) is 0 Å². The molecule has 0 N–H and O–H groups in total. The summed E-state index contributed by atoms with van der Waals surface area (Å²) in [6.45, 7) is 9.95. The lowest BCUT2D eigenvalue weighted by molar-refractivity contribution is -0.143. The first-order chi connectivity index (χ1) is 16.0. The molecule has 3 aromatic rings. The van der Waals surface area contributed by atoms with Crippen molar-refractivity contribution in [2.24, 2.45) is 0 Å². The summed E-state index contributed by atoms with van der Waals surface area (Å²) in [7, 11) is 0. The Balaban J connectivity index is 1.76. The zero-order valence-corrected chi connectivity index (χ0v) is 20.3. The highest BCUT2D eigenvalue weighted by Crippen LogP contribution is 2.31. The van der Waals surface area contributed by atoms with E-state index in [4.69, 9.17) is 14.6 Å². The van der Waals surface area contributed by atoms with Crippen molar-refractivity contribution in [3.05, 3.63) is 82.5 Å². The normalized spacial score (nSPS) is 11.1. The first-order valence-corrected chi connectivity index (χ1v) is 12.0. The van der Waals surface area contributed by atoms with Crippen molar-refractivity contribution in [1.29, 1.82) is 0 Å². The Morgan fingerprint density at radius 1 is 0.939 bits per heavy atom. The third-order valence-corrected chi connectivity index (χ3v) is 5.59. The lowest BCUT2D eigenvalue weighted by atomic mass is 9.98. The van der Waals surface area contributed by atoms with Crippen molar-refractivity contribution in [3.63, 3.8) is 0 Å². The van der Waals surface area contributed by atoms with E-state index in [2.05, 4.69) is 62.4 Å². The molecule has 33 heavy (non-hydrogen) atoms. The first kappa shape index (κ1) is 24.6. The second-order valence-electron chi connectivity index (χ2n) is 8.55. The maximum Gasteiger partial charge on any atom is 0.305 e. The molecule has 0 amide bonds. The number of benzene rings is 2. The molecule has 2 aromatic carbocycles. The molecule has 0 fully saturated rings. The molecule has 0 saturated carbocycles. The van der Waals surface area contributed by atoms with E-state index in [1.165, 1.54) is 16.7 Å². The van der Waals surface area contributed by atoms with Crippen LogP contribution in [0.3, 0.4) is 0 Å². The Kier molecular flexibility index (Phi) is 9.11. The highest BCUT2D eigenvalue weighted by molar-refractivity contribution is 5.69. The van der Waals surface area contributed by atoms with Crippen LogP contribution in [-0.4, -0.2) is 29.0 Å². The van der Waals surface area contributed by atoms with E-state index in [1.807, 2.05) is 24.6 Å². The largest absolute Gasteiger partial charge is 0.478 e. The number of hydrogen-bond donors (Lipinski definition) is 0. The second kappa shape index (κ2) is 12.2. The predicted molar refractivity (Wildman–Crippen MR) is 132 cm³/mol. The summed E-state index contributed by atoms with van der Waals surface area (Å²) in [6, 6.07) is 19.0. The summed E-state index contributed by atoms with van der Waals surface area (Å²) < 4.78 is 13.1. The van der Waals surface area contributed by atoms with Gasteiger partial charge in [-0.05, 0) is 49.3 Å². The summed E-state index contributed by atoms with van der Waals surface area (Å²) in [4.78, 5) is 11.5. The molecule has 5 heteroatoms. The van der Waals surface area contributed by atoms with Crippen LogP contribution in [0, 0.1) is 0 Å². The number of hydrogen-bond acceptors (Lipinski definition) is 4. The number of esters is 1. The quantitative estimate of drug-likeness (QED) is 0.322. The summed E-state index contributed by atoms with van der Waals surface area (Å²) in [5.74, 6) is 1.05. The molecule has 0 aliphatic heterocycles. The third-order valence-electron chi connectivity index (χ3n) is 5.59. The van der Waals surface area contributed by atoms with Gasteiger partial charge in [0.15, 0.2) is 0 Å². The summed E-state index contributed by atoms with van der Waals surface area (Å²) in [6.07, 6.45) is 2.92. The van der Waals surface area contributed by atoms with Gasteiger partial charge in [-0.3, -0.25) is 4.79 Å². The third kappa shape index (κ3) is 6.95. The number of aryl methyl sites for hydroxylation is 1. The van der Waals surface area contributed by atoms with Crippen LogP contribution >= 0.6 is 0 Å². The van der Waals surface area contributed by atoms with Crippen LogP contribution in [-0.2, 0) is 28.9 Å². The van der Waals surface area contributed by atoms with E-state index in [1.54, 1.807) is 0 Å². The smallest absolute Gasteiger partial charge is 0.305 e. The van der Waals surface area contributed by atoms with Gasteiger partial charge in [-0.25, -0.2) is 4.68 Å². The molecule has 0 spiro atoms. The fourth-order valence-corrected chi connectivity index (χ4v) is 3.99. The molecule has 1 heterocycles. The average Bonchev–Trinajstić information content (AvgIpc) is 3.13. The van der Waals surface area contributed by atoms with Crippen LogP contribution in [0.2, 0.25) is 0 Å². The van der Waals surface area contributed by atoms with Gasteiger partial charge in [0, 0.05) is 18.4 Å². The van der Waals surface area contributed by atoms with Gasteiger partial charge in [-0.2, -0.15) is 5.10 Å². The zero-order chi connectivity index (χ0) is 23.6. The number of carbonyl (C=O) groups excluding carboxylic acids is 1. The average molecular weight is 449 g/mol. The van der Waals surface area contributed by atoms with Crippen molar-refractivity contribution in [3.8, 4) is 5.88 Å². The minimum atomic E-state index is -0.119. The molecule has 1 aromatic heterocycles. The topological polar surface area (TPSA) is 53.3 Å². The Hall–Kier alpha value is -3.08. The number of rotatable bonds is 12. The molecule has 0 atom stereocenters. The van der Waals surface area contributed by atoms with E-state index >= 15 is 0 Å². The molecule has 0 aliphatic rings. The van der Waals surface area contributed by atoms with Crippen molar-refractivity contribution >= 4 is 5.97 Å². The van der Waals surface area contributed by atoms with Gasteiger partial charge in [0.1, 0.15) is 0 Å². The van der Waals surface area contributed by atoms with Crippen LogP contribution < -0.4 is 4.74 Å². The molecule has 0 bridgehead atoms. The van der Waals surface area contributed by atoms with Crippen LogP contribution in [0.25, 0.3) is 0 Å². The van der Waals surface area contributed by atoms with E-state index in [9.17, 15) is 4.79 Å². The van der Waals surface area contributed by atoms with Crippen LogP contribution in [0.1, 0.15) is 74.4 Å². The van der Waals surface area contributed by atoms with Gasteiger partial charge in [0.05, 0.1) is 25.5 Å². The standard InChI is InChI=1S/C28H36N2O3/c1-5-32-26(31)14-10-13-22-15-17-23(18-16-22)19-25-27(21(3)4)29-30(28(25)33-6-2)20-24-11-8-7-9-12-24/h7-9,11-12,15-18,21H,5-6,10,13-14,19-20H2,1-4H3. The first-order valence-electron chi connectivity index (χ1n) is 12.0. The highest BCUT2D eigenvalue weighted by atomic mass is 16.5. The van der Waals surface area contributed by atoms with Crippen LogP contribution in [0.15, 0.2) is 54.6 Å². The van der Waals surface area contributed by atoms with Gasteiger partial charge >= 0.3 is 5.97 Å². The monoisotopic (exact) mass is 448 g/mol. The van der Waals surface area contributed by atoms with Gasteiger partial charge in [0.2, 0.25) is 5.88 Å². The van der Waals surface area contributed by atoms with Gasteiger partial charge in [0.25, 0.3) is 0 Å². The fraction of sp³-hybridized carbons (Fsp3) is 0.429. The molecule has 5 nitrogen and oxygen atoms in total. The van der Waals surface area contributed by atoms with Crippen LogP contribution in [0.5, 0.6) is 5.88 Å². The van der Waals surface area contributed by atoms with Crippen molar-refractivity contribution in [2.75, 3.05) is 13.2 Å². The minimum Gasteiger partial charge on any atom is -0.478 e. The number of carbonyl (C=O) groups is 1. The SMILES string of the molecule is CCOC(=O)CCCc1ccc(Cc2c(C(C)C)nn(Cc3ccccc3)c2OCC)cc1. The second-order valence-corrected chi connectivity index (χ2v) is 8.55. The van der Waals surface area contributed by atoms with Crippen LogP contribution in [0.4, 0.5) is 0 Å². The van der Waals surface area contributed by atoms with E-state index < -0.39 is 0 Å². The lowest BCUT2D eigenvalue weighted by Crippen LogP contribution is -2.07. The minimum absolute atomic E-state index is 0.119. The predicted octanol–water partition coefficient (Wildman–Crippen LogP) is 5.93. The highest BCUT2D eigenvalue weighted by Gasteiger charge is 2.21. The summed E-state index contributed by atoms with van der Waals surface area (Å²) in [5, 5.41) is 4.96. The van der Waals surface area contributed by atoms with E-state index in [0.29, 0.717) is 32.1 Å². The molecule has 0 unspecified atom stereocenters. The van der Waals surface area contributed by atoms with Crippen molar-refractivity contribution in [2.45, 2.75) is 65.8 Å². The van der Waals surface area contributed by atoms with Gasteiger partial charge < -0.3 is 9.47 Å². The van der Waals surface area contributed by atoms with E-state index in [-0.39, 0.29) is 5.97 Å². The Morgan fingerprint density at radius 3 is 2.27 bits per heavy atom. The number of nitrogens with zero attached hydrogens (tertiary/aromatic N) is 2. The Labute approximate surface area is 197 Å². The molecule has 0 aliphatic carbocycles. The van der Waals surface area contributed by atoms with Gasteiger partial charge in [-0.1, -0.05) is 68.4 Å². The summed E-state index contributed by atoms with van der Waals surface area (Å²) >= 11 is 0. The Bertz CT molecular complexity index is 1010. The maximum atomic E-state index is 11.5. The molecule has 3 rings (SSSR count). The van der Waals surface area contributed by atoms with Crippen molar-refractivity contribution < 1.29 is 14.3 Å².